The molecule has 0 unspecified atom stereocenters. The number of nitrogens with one attached hydrogen (secondary N) is 2. The summed E-state index contributed by atoms with van der Waals surface area (Å²) in [5.41, 5.74) is -0.0145. The number of hydrogen-bond donors (Lipinski definition) is 3. The van der Waals surface area contributed by atoms with Crippen LogP contribution in [0.25, 0.3) is 0 Å². The van der Waals surface area contributed by atoms with Crippen LogP contribution in [0, 0.1) is 10.1 Å². The van der Waals surface area contributed by atoms with Crippen LogP contribution in [0.2, 0.25) is 0 Å². The maximum Gasteiger partial charge on any atom is 0.293 e. The number of nitrogens with zero attached hydrogens (tertiary/aromatic N) is 2. The van der Waals surface area contributed by atoms with Crippen LogP contribution in [-0.4, -0.2) is 57.5 Å². The minimum Gasteiger partial charge on any atom is -0.378 e. The quantitative estimate of drug-likeness (QED) is 0.476. The second-order valence-electron chi connectivity index (χ2n) is 5.00. The van der Waals surface area contributed by atoms with Gasteiger partial charge in [0.1, 0.15) is 5.69 Å². The van der Waals surface area contributed by atoms with Gasteiger partial charge in [-0.05, 0) is 12.1 Å². The predicted octanol–water partition coefficient (Wildman–Crippen LogP) is -0.441. The van der Waals surface area contributed by atoms with E-state index in [1.807, 2.05) is 0 Å². The normalized spacial score (nSPS) is 16.4. The van der Waals surface area contributed by atoms with Crippen LogP contribution in [-0.2, 0) is 10.0 Å². The number of nitro groups is 1. The van der Waals surface area contributed by atoms with Crippen molar-refractivity contribution in [3.63, 3.8) is 0 Å². The minimum absolute atomic E-state index is 0.271. The Morgan fingerprint density at radius 1 is 1.36 bits per heavy atom. The smallest absolute Gasteiger partial charge is 0.293 e. The highest BCUT2D eigenvalue weighted by Crippen LogP contribution is 2.26. The molecule has 2 rings (SSSR count). The summed E-state index contributed by atoms with van der Waals surface area (Å²) in [6, 6.07) is 3.60. The van der Waals surface area contributed by atoms with Crippen LogP contribution in [0.1, 0.15) is 0 Å². The van der Waals surface area contributed by atoms with Crippen LogP contribution in [0.15, 0.2) is 23.1 Å². The summed E-state index contributed by atoms with van der Waals surface area (Å²) in [7, 11) is -3.96. The van der Waals surface area contributed by atoms with Crippen molar-refractivity contribution in [3.8, 4) is 0 Å². The number of anilines is 1. The number of nitro benzene ring substituents is 1. The molecule has 4 N–H and O–H groups in total. The lowest BCUT2D eigenvalue weighted by atomic mass is 10.2. The van der Waals surface area contributed by atoms with E-state index in [4.69, 9.17) is 5.14 Å². The molecule has 10 heteroatoms. The first kappa shape index (κ1) is 16.6. The summed E-state index contributed by atoms with van der Waals surface area (Å²) >= 11 is 0. The Labute approximate surface area is 128 Å². The largest absolute Gasteiger partial charge is 0.378 e. The molecule has 1 aromatic carbocycles. The maximum atomic E-state index is 11.3. The summed E-state index contributed by atoms with van der Waals surface area (Å²) in [5, 5.41) is 22.3. The van der Waals surface area contributed by atoms with Gasteiger partial charge in [-0.3, -0.25) is 15.0 Å². The molecule has 0 spiro atoms. The third-order valence-corrected chi connectivity index (χ3v) is 4.36. The average molecular weight is 329 g/mol. The number of primary sulfonamides is 1. The first-order chi connectivity index (χ1) is 10.4. The fourth-order valence-corrected chi connectivity index (χ4v) is 2.81. The number of piperazine rings is 1. The zero-order valence-electron chi connectivity index (χ0n) is 12.0. The van der Waals surface area contributed by atoms with Gasteiger partial charge in [0.2, 0.25) is 10.0 Å². The Bertz CT molecular complexity index is 643. The number of benzene rings is 1. The third-order valence-electron chi connectivity index (χ3n) is 3.45. The number of nitrogens with two attached hydrogens (primary N) is 1. The summed E-state index contributed by atoms with van der Waals surface area (Å²) in [5.74, 6) is 0. The molecule has 0 aliphatic carbocycles. The van der Waals surface area contributed by atoms with Crippen molar-refractivity contribution in [1.82, 2.24) is 10.2 Å². The molecule has 22 heavy (non-hydrogen) atoms. The molecule has 0 radical (unpaired) electrons. The molecule has 0 saturated carbocycles. The molecule has 1 fully saturated rings. The number of hydrogen-bond acceptors (Lipinski definition) is 7. The Morgan fingerprint density at radius 2 is 2.05 bits per heavy atom. The van der Waals surface area contributed by atoms with Gasteiger partial charge < -0.3 is 10.6 Å². The van der Waals surface area contributed by atoms with Crippen molar-refractivity contribution in [1.29, 1.82) is 0 Å². The van der Waals surface area contributed by atoms with E-state index in [1.54, 1.807) is 0 Å². The van der Waals surface area contributed by atoms with Crippen molar-refractivity contribution in [2.24, 2.45) is 5.14 Å². The van der Waals surface area contributed by atoms with Crippen LogP contribution in [0.3, 0.4) is 0 Å². The molecule has 0 amide bonds. The Morgan fingerprint density at radius 3 is 2.64 bits per heavy atom. The summed E-state index contributed by atoms with van der Waals surface area (Å²) < 4.78 is 22.5. The van der Waals surface area contributed by atoms with Gasteiger partial charge in [-0.2, -0.15) is 0 Å². The van der Waals surface area contributed by atoms with Gasteiger partial charge in [-0.15, -0.1) is 0 Å². The van der Waals surface area contributed by atoms with Crippen LogP contribution < -0.4 is 15.8 Å². The van der Waals surface area contributed by atoms with Crippen LogP contribution in [0.5, 0.6) is 0 Å². The zero-order valence-corrected chi connectivity index (χ0v) is 12.8. The van der Waals surface area contributed by atoms with Gasteiger partial charge >= 0.3 is 0 Å². The van der Waals surface area contributed by atoms with E-state index in [0.29, 0.717) is 6.54 Å². The molecule has 0 bridgehead atoms. The molecule has 0 atom stereocenters. The molecule has 1 aromatic rings. The molecule has 1 aliphatic rings. The minimum atomic E-state index is -3.96. The lowest BCUT2D eigenvalue weighted by Crippen LogP contribution is -2.45. The van der Waals surface area contributed by atoms with E-state index >= 15 is 0 Å². The Balaban J connectivity index is 2.05. The van der Waals surface area contributed by atoms with E-state index in [2.05, 4.69) is 15.5 Å². The lowest BCUT2D eigenvalue weighted by Gasteiger charge is -2.27. The molecular formula is C12H19N5O4S. The monoisotopic (exact) mass is 329 g/mol. The second-order valence-corrected chi connectivity index (χ2v) is 6.56. The molecular weight excluding hydrogens is 310 g/mol. The molecule has 1 saturated heterocycles. The highest BCUT2D eigenvalue weighted by atomic mass is 32.2. The summed E-state index contributed by atoms with van der Waals surface area (Å²) in [6.07, 6.45) is 0. The van der Waals surface area contributed by atoms with Gasteiger partial charge in [0.25, 0.3) is 5.69 Å². The van der Waals surface area contributed by atoms with Gasteiger partial charge in [-0.1, -0.05) is 0 Å². The van der Waals surface area contributed by atoms with Crippen molar-refractivity contribution in [2.45, 2.75) is 4.90 Å². The molecule has 9 nitrogen and oxygen atoms in total. The topological polar surface area (TPSA) is 131 Å². The van der Waals surface area contributed by atoms with Crippen LogP contribution >= 0.6 is 0 Å². The van der Waals surface area contributed by atoms with Crippen molar-refractivity contribution < 1.29 is 13.3 Å². The van der Waals surface area contributed by atoms with Crippen LogP contribution in [0.4, 0.5) is 11.4 Å². The van der Waals surface area contributed by atoms with E-state index in [1.165, 1.54) is 12.1 Å². The molecule has 0 aromatic heterocycles. The van der Waals surface area contributed by atoms with E-state index in [-0.39, 0.29) is 16.3 Å². The number of sulfonamides is 1. The number of rotatable bonds is 6. The third kappa shape index (κ3) is 4.37. The van der Waals surface area contributed by atoms with Gasteiger partial charge in [0.05, 0.1) is 9.82 Å². The summed E-state index contributed by atoms with van der Waals surface area (Å²) in [4.78, 5) is 12.4. The first-order valence-electron chi connectivity index (χ1n) is 6.86. The van der Waals surface area contributed by atoms with E-state index in [0.717, 1.165) is 38.8 Å². The molecule has 1 heterocycles. The first-order valence-corrected chi connectivity index (χ1v) is 8.41. The second kappa shape index (κ2) is 7.01. The van der Waals surface area contributed by atoms with Gasteiger partial charge in [-0.25, -0.2) is 13.6 Å². The van der Waals surface area contributed by atoms with E-state index in [9.17, 15) is 18.5 Å². The van der Waals surface area contributed by atoms with Crippen molar-refractivity contribution in [2.75, 3.05) is 44.6 Å². The Hall–Kier alpha value is -1.75. The predicted molar refractivity (Wildman–Crippen MR) is 82.3 cm³/mol. The fourth-order valence-electron chi connectivity index (χ4n) is 2.27. The lowest BCUT2D eigenvalue weighted by molar-refractivity contribution is -0.384. The van der Waals surface area contributed by atoms with Gasteiger partial charge in [0.15, 0.2) is 0 Å². The summed E-state index contributed by atoms with van der Waals surface area (Å²) in [6.45, 7) is 5.04. The Kier molecular flexibility index (Phi) is 5.29. The van der Waals surface area contributed by atoms with Crippen molar-refractivity contribution in [3.05, 3.63) is 28.3 Å². The highest BCUT2D eigenvalue weighted by molar-refractivity contribution is 7.89. The SMILES string of the molecule is NS(=O)(=O)c1ccc(NCCN2CCNCC2)c([N+](=O)[O-])c1. The fraction of sp³-hybridized carbons (Fsp3) is 0.500. The molecule has 1 aliphatic heterocycles. The standard InChI is InChI=1S/C12H19N5O4S/c13-22(20,21)10-1-2-11(12(9-10)17(18)19)15-5-8-16-6-3-14-4-7-16/h1-2,9,14-15H,3-8H2,(H2,13,20,21). The average Bonchev–Trinajstić information content (AvgIpc) is 2.47. The van der Waals surface area contributed by atoms with Crippen molar-refractivity contribution >= 4 is 21.4 Å². The maximum absolute atomic E-state index is 11.3. The van der Waals surface area contributed by atoms with E-state index < -0.39 is 14.9 Å². The molecule has 122 valence electrons. The van der Waals surface area contributed by atoms with Gasteiger partial charge in [0, 0.05) is 45.3 Å². The highest BCUT2D eigenvalue weighted by Gasteiger charge is 2.19. The zero-order chi connectivity index (χ0) is 16.2.